The van der Waals surface area contributed by atoms with Crippen LogP contribution in [0.25, 0.3) is 0 Å². The summed E-state index contributed by atoms with van der Waals surface area (Å²) in [6, 6.07) is 0.285. The first kappa shape index (κ1) is 15.4. The smallest absolute Gasteiger partial charge is 0.222 e. The Kier molecular flexibility index (Phi) is 6.09. The molecule has 2 atom stereocenters. The van der Waals surface area contributed by atoms with Crippen molar-refractivity contribution in [3.8, 4) is 0 Å². The second kappa shape index (κ2) is 7.10. The van der Waals surface area contributed by atoms with Crippen LogP contribution in [0.1, 0.15) is 34.1 Å². The molecule has 1 rings (SSSR count). The van der Waals surface area contributed by atoms with Gasteiger partial charge in [0.1, 0.15) is 0 Å². The number of likely N-dealkylation sites (tertiary alicyclic amines) is 1. The summed E-state index contributed by atoms with van der Waals surface area (Å²) in [6.07, 6.45) is 1.09. The summed E-state index contributed by atoms with van der Waals surface area (Å²) in [4.78, 5) is 14.2. The van der Waals surface area contributed by atoms with E-state index in [0.29, 0.717) is 18.4 Å². The van der Waals surface area contributed by atoms with Gasteiger partial charge in [0.05, 0.1) is 0 Å². The first-order valence-corrected chi connectivity index (χ1v) is 7.16. The number of hydrogen-bond donors (Lipinski definition) is 2. The predicted octanol–water partition coefficient (Wildman–Crippen LogP) is 1.06. The van der Waals surface area contributed by atoms with Crippen molar-refractivity contribution in [1.29, 1.82) is 0 Å². The molecule has 0 aromatic carbocycles. The van der Waals surface area contributed by atoms with Crippen molar-refractivity contribution in [2.75, 3.05) is 26.2 Å². The van der Waals surface area contributed by atoms with Crippen LogP contribution < -0.4 is 11.1 Å². The first-order chi connectivity index (χ1) is 8.43. The molecule has 3 N–H and O–H groups in total. The van der Waals surface area contributed by atoms with Crippen LogP contribution >= 0.6 is 0 Å². The summed E-state index contributed by atoms with van der Waals surface area (Å²) < 4.78 is 0. The van der Waals surface area contributed by atoms with Crippen LogP contribution in [0.3, 0.4) is 0 Å². The topological polar surface area (TPSA) is 58.4 Å². The molecule has 1 aliphatic heterocycles. The van der Waals surface area contributed by atoms with E-state index >= 15 is 0 Å². The molecular formula is C14H29N3O. The number of piperidine rings is 1. The Balaban J connectivity index is 2.58. The average molecular weight is 255 g/mol. The van der Waals surface area contributed by atoms with Crippen LogP contribution in [0.2, 0.25) is 0 Å². The lowest BCUT2D eigenvalue weighted by Crippen LogP contribution is -2.53. The normalized spacial score (nSPS) is 25.7. The predicted molar refractivity (Wildman–Crippen MR) is 75.2 cm³/mol. The lowest BCUT2D eigenvalue weighted by atomic mass is 9.85. The fourth-order valence-electron chi connectivity index (χ4n) is 2.55. The van der Waals surface area contributed by atoms with Crippen LogP contribution in [0.5, 0.6) is 0 Å². The van der Waals surface area contributed by atoms with Gasteiger partial charge in [-0.2, -0.15) is 0 Å². The molecule has 1 aliphatic rings. The molecule has 4 heteroatoms. The summed E-state index contributed by atoms with van der Waals surface area (Å²) in [5, 5.41) is 3.17. The molecule has 0 bridgehead atoms. The molecule has 0 radical (unpaired) electrons. The van der Waals surface area contributed by atoms with Crippen molar-refractivity contribution in [3.63, 3.8) is 0 Å². The Labute approximate surface area is 111 Å². The molecule has 0 spiro atoms. The van der Waals surface area contributed by atoms with Crippen molar-refractivity contribution < 1.29 is 4.79 Å². The summed E-state index contributed by atoms with van der Waals surface area (Å²) in [7, 11) is 0. The second-order valence-electron chi connectivity index (χ2n) is 6.15. The molecule has 1 fully saturated rings. The van der Waals surface area contributed by atoms with Crippen molar-refractivity contribution >= 4 is 5.91 Å². The largest absolute Gasteiger partial charge is 0.352 e. The maximum Gasteiger partial charge on any atom is 0.222 e. The number of nitrogens with one attached hydrogen (secondary N) is 1. The van der Waals surface area contributed by atoms with Gasteiger partial charge in [-0.1, -0.05) is 27.7 Å². The van der Waals surface area contributed by atoms with Gasteiger partial charge < -0.3 is 11.1 Å². The Morgan fingerprint density at radius 2 is 2.00 bits per heavy atom. The number of rotatable bonds is 5. The van der Waals surface area contributed by atoms with Gasteiger partial charge in [-0.05, 0) is 18.3 Å². The highest BCUT2D eigenvalue weighted by Crippen LogP contribution is 2.23. The number of carbonyl (C=O) groups is 1. The maximum atomic E-state index is 11.8. The number of amides is 1. The monoisotopic (exact) mass is 255 g/mol. The van der Waals surface area contributed by atoms with E-state index in [1.165, 1.54) is 0 Å². The van der Waals surface area contributed by atoms with E-state index in [1.807, 2.05) is 13.8 Å². The Hall–Kier alpha value is -0.610. The Morgan fingerprint density at radius 3 is 2.50 bits per heavy atom. The van der Waals surface area contributed by atoms with Crippen LogP contribution in [0.15, 0.2) is 0 Å². The zero-order chi connectivity index (χ0) is 13.7. The van der Waals surface area contributed by atoms with Crippen LogP contribution in [0, 0.1) is 17.8 Å². The molecule has 18 heavy (non-hydrogen) atoms. The zero-order valence-corrected chi connectivity index (χ0v) is 12.3. The summed E-state index contributed by atoms with van der Waals surface area (Å²) >= 11 is 0. The highest BCUT2D eigenvalue weighted by Gasteiger charge is 2.29. The van der Waals surface area contributed by atoms with Crippen LogP contribution in [0.4, 0.5) is 0 Å². The van der Waals surface area contributed by atoms with E-state index in [1.54, 1.807) is 0 Å². The van der Waals surface area contributed by atoms with Gasteiger partial charge >= 0.3 is 0 Å². The molecule has 0 aromatic rings. The molecular weight excluding hydrogens is 226 g/mol. The standard InChI is InChI=1S/C14H29N3O/c1-10(2)12-7-13(16-14(18)11(3)4)9-17(8-12)6-5-15/h10-13H,5-9,15H2,1-4H3,(H,16,18). The van der Waals surface area contributed by atoms with E-state index < -0.39 is 0 Å². The fourth-order valence-corrected chi connectivity index (χ4v) is 2.55. The molecule has 0 aliphatic carbocycles. The average Bonchev–Trinajstić information content (AvgIpc) is 2.28. The van der Waals surface area contributed by atoms with Crippen molar-refractivity contribution in [1.82, 2.24) is 10.2 Å². The minimum Gasteiger partial charge on any atom is -0.352 e. The zero-order valence-electron chi connectivity index (χ0n) is 12.3. The third-order valence-electron chi connectivity index (χ3n) is 3.82. The summed E-state index contributed by atoms with van der Waals surface area (Å²) in [5.41, 5.74) is 5.65. The van der Waals surface area contributed by atoms with Gasteiger partial charge in [-0.15, -0.1) is 0 Å². The number of nitrogens with zero attached hydrogens (tertiary/aromatic N) is 1. The molecule has 0 aromatic heterocycles. The van der Waals surface area contributed by atoms with Crippen LogP contribution in [-0.2, 0) is 4.79 Å². The molecule has 1 saturated heterocycles. The fraction of sp³-hybridized carbons (Fsp3) is 0.929. The first-order valence-electron chi connectivity index (χ1n) is 7.16. The number of nitrogens with two attached hydrogens (primary N) is 1. The summed E-state index contributed by atoms with van der Waals surface area (Å²) in [6.45, 7) is 12.1. The lowest BCUT2D eigenvalue weighted by molar-refractivity contribution is -0.125. The van der Waals surface area contributed by atoms with Crippen molar-refractivity contribution in [2.24, 2.45) is 23.5 Å². The Morgan fingerprint density at radius 1 is 1.33 bits per heavy atom. The van der Waals surface area contributed by atoms with E-state index in [4.69, 9.17) is 5.73 Å². The van der Waals surface area contributed by atoms with Crippen molar-refractivity contribution in [3.05, 3.63) is 0 Å². The molecule has 2 unspecified atom stereocenters. The molecule has 106 valence electrons. The molecule has 1 amide bonds. The molecule has 1 heterocycles. The van der Waals surface area contributed by atoms with Gasteiger partial charge in [-0.3, -0.25) is 9.69 Å². The SMILES string of the molecule is CC(C)C(=O)NC1CC(C(C)C)CN(CCN)C1. The molecule has 0 saturated carbocycles. The maximum absolute atomic E-state index is 11.8. The third-order valence-corrected chi connectivity index (χ3v) is 3.82. The minimum atomic E-state index is 0.0624. The molecule has 4 nitrogen and oxygen atoms in total. The second-order valence-corrected chi connectivity index (χ2v) is 6.15. The Bertz CT molecular complexity index is 266. The minimum absolute atomic E-state index is 0.0624. The van der Waals surface area contributed by atoms with E-state index in [9.17, 15) is 4.79 Å². The quantitative estimate of drug-likeness (QED) is 0.772. The van der Waals surface area contributed by atoms with E-state index in [-0.39, 0.29) is 17.9 Å². The summed E-state index contributed by atoms with van der Waals surface area (Å²) in [5.74, 6) is 1.54. The highest BCUT2D eigenvalue weighted by molar-refractivity contribution is 5.78. The van der Waals surface area contributed by atoms with E-state index in [2.05, 4.69) is 24.1 Å². The third kappa shape index (κ3) is 4.58. The van der Waals surface area contributed by atoms with Gasteiger partial charge in [0.25, 0.3) is 0 Å². The highest BCUT2D eigenvalue weighted by atomic mass is 16.1. The number of carbonyl (C=O) groups excluding carboxylic acids is 1. The van der Waals surface area contributed by atoms with Crippen molar-refractivity contribution in [2.45, 2.75) is 40.2 Å². The van der Waals surface area contributed by atoms with Gasteiger partial charge in [0.15, 0.2) is 0 Å². The van der Waals surface area contributed by atoms with E-state index in [0.717, 1.165) is 26.1 Å². The van der Waals surface area contributed by atoms with Gasteiger partial charge in [0.2, 0.25) is 5.91 Å². The van der Waals surface area contributed by atoms with Crippen LogP contribution in [-0.4, -0.2) is 43.0 Å². The lowest BCUT2D eigenvalue weighted by Gasteiger charge is -2.39. The number of hydrogen-bond acceptors (Lipinski definition) is 3. The van der Waals surface area contributed by atoms with Gasteiger partial charge in [0, 0.05) is 38.1 Å². The van der Waals surface area contributed by atoms with Gasteiger partial charge in [-0.25, -0.2) is 0 Å².